The molecule has 0 aliphatic carbocycles. The molecule has 1 unspecified atom stereocenters. The van der Waals surface area contributed by atoms with Crippen molar-refractivity contribution in [2.24, 2.45) is 0 Å². The Morgan fingerprint density at radius 2 is 1.92 bits per heavy atom. The fraction of sp³-hybridized carbons (Fsp3) is 0.158. The molecule has 24 heavy (non-hydrogen) atoms. The molecule has 0 amide bonds. The highest BCUT2D eigenvalue weighted by Gasteiger charge is 2.47. The molecule has 1 aliphatic heterocycles. The fourth-order valence-corrected chi connectivity index (χ4v) is 3.32. The number of alkyl halides is 1. The Kier molecular flexibility index (Phi) is 4.04. The van der Waals surface area contributed by atoms with Crippen molar-refractivity contribution in [2.45, 2.75) is 11.9 Å². The summed E-state index contributed by atoms with van der Waals surface area (Å²) in [6, 6.07) is 17.0. The zero-order valence-electron chi connectivity index (χ0n) is 13.3. The number of allylic oxidation sites excluding steroid dienone is 1. The summed E-state index contributed by atoms with van der Waals surface area (Å²) in [6.45, 7) is 1.89. The second kappa shape index (κ2) is 6.03. The lowest BCUT2D eigenvalue weighted by atomic mass is 9.84. The standard InChI is InChI=1S/C19H15ClN2O2/c1-12-7-6-10-14-15(11-21)16(13-8-4-3-5-9-13)19(20,18(23)24-2)22-17(12)14/h3-10,22H,1-2H3. The van der Waals surface area contributed by atoms with Gasteiger partial charge in [0, 0.05) is 16.8 Å². The molecule has 1 aliphatic rings. The average Bonchev–Trinajstić information content (AvgIpc) is 2.61. The number of anilines is 1. The summed E-state index contributed by atoms with van der Waals surface area (Å²) in [5, 5.41) is 12.9. The molecule has 4 nitrogen and oxygen atoms in total. The molecule has 0 spiro atoms. The molecule has 1 heterocycles. The number of carbonyl (C=O) groups excluding carboxylic acids is 1. The Morgan fingerprint density at radius 3 is 2.54 bits per heavy atom. The van der Waals surface area contributed by atoms with E-state index in [1.807, 2.05) is 55.5 Å². The lowest BCUT2D eigenvalue weighted by molar-refractivity contribution is -0.141. The summed E-state index contributed by atoms with van der Waals surface area (Å²) < 4.78 is 4.92. The first-order chi connectivity index (χ1) is 11.5. The maximum Gasteiger partial charge on any atom is 0.352 e. The van der Waals surface area contributed by atoms with Crippen molar-refractivity contribution in [1.29, 1.82) is 5.26 Å². The number of ether oxygens (including phenoxy) is 1. The smallest absolute Gasteiger partial charge is 0.352 e. The molecule has 0 radical (unpaired) electrons. The number of hydrogen-bond acceptors (Lipinski definition) is 4. The average molecular weight is 339 g/mol. The first kappa shape index (κ1) is 16.1. The zero-order chi connectivity index (χ0) is 17.3. The molecule has 0 saturated carbocycles. The second-order valence-corrected chi connectivity index (χ2v) is 6.07. The van der Waals surface area contributed by atoms with Crippen molar-refractivity contribution in [3.8, 4) is 6.07 Å². The minimum absolute atomic E-state index is 0.360. The van der Waals surface area contributed by atoms with Gasteiger partial charge < -0.3 is 10.1 Å². The van der Waals surface area contributed by atoms with Gasteiger partial charge in [-0.05, 0) is 18.1 Å². The van der Waals surface area contributed by atoms with Crippen LogP contribution in [0.25, 0.3) is 11.1 Å². The molecular formula is C19H15ClN2O2. The third-order valence-electron chi connectivity index (χ3n) is 4.07. The van der Waals surface area contributed by atoms with Crippen LogP contribution in [0, 0.1) is 18.3 Å². The van der Waals surface area contributed by atoms with Gasteiger partial charge in [-0.2, -0.15) is 5.26 Å². The Hall–Kier alpha value is -2.77. The Balaban J connectivity index is 2.40. The summed E-state index contributed by atoms with van der Waals surface area (Å²) in [5.74, 6) is -0.662. The fourth-order valence-electron chi connectivity index (χ4n) is 2.94. The maximum absolute atomic E-state index is 12.5. The highest BCUT2D eigenvalue weighted by molar-refractivity contribution is 6.44. The molecule has 0 aromatic heterocycles. The van der Waals surface area contributed by atoms with Gasteiger partial charge in [0.1, 0.15) is 6.07 Å². The van der Waals surface area contributed by atoms with Crippen LogP contribution in [-0.4, -0.2) is 18.1 Å². The Bertz CT molecular complexity index is 884. The zero-order valence-corrected chi connectivity index (χ0v) is 14.0. The molecule has 2 aromatic carbocycles. The van der Waals surface area contributed by atoms with E-state index in [1.54, 1.807) is 0 Å². The molecule has 0 saturated heterocycles. The summed E-state index contributed by atoms with van der Waals surface area (Å²) in [5.41, 5.74) is 3.72. The predicted octanol–water partition coefficient (Wildman–Crippen LogP) is 3.96. The molecule has 120 valence electrons. The van der Waals surface area contributed by atoms with Crippen LogP contribution < -0.4 is 5.32 Å². The quantitative estimate of drug-likeness (QED) is 0.511. The highest BCUT2D eigenvalue weighted by Crippen LogP contribution is 2.47. The topological polar surface area (TPSA) is 62.1 Å². The number of methoxy groups -OCH3 is 1. The van der Waals surface area contributed by atoms with Crippen LogP contribution >= 0.6 is 11.6 Å². The first-order valence-corrected chi connectivity index (χ1v) is 7.76. The number of para-hydroxylation sites is 1. The van der Waals surface area contributed by atoms with Crippen LogP contribution in [-0.2, 0) is 9.53 Å². The molecule has 0 bridgehead atoms. The van der Waals surface area contributed by atoms with Crippen LogP contribution in [0.15, 0.2) is 48.5 Å². The van der Waals surface area contributed by atoms with Crippen LogP contribution in [0.4, 0.5) is 5.69 Å². The van der Waals surface area contributed by atoms with E-state index in [9.17, 15) is 10.1 Å². The lowest BCUT2D eigenvalue weighted by Crippen LogP contribution is -2.45. The predicted molar refractivity (Wildman–Crippen MR) is 94.3 cm³/mol. The number of benzene rings is 2. The Labute approximate surface area is 145 Å². The second-order valence-electron chi connectivity index (χ2n) is 5.50. The number of esters is 1. The third-order valence-corrected chi connectivity index (χ3v) is 4.51. The number of halogens is 1. The minimum Gasteiger partial charge on any atom is -0.466 e. The van der Waals surface area contributed by atoms with Gasteiger partial charge in [-0.3, -0.25) is 0 Å². The van der Waals surface area contributed by atoms with Gasteiger partial charge in [0.05, 0.1) is 12.7 Å². The van der Waals surface area contributed by atoms with Crippen molar-refractivity contribution < 1.29 is 9.53 Å². The van der Waals surface area contributed by atoms with Gasteiger partial charge in [-0.25, -0.2) is 4.79 Å². The maximum atomic E-state index is 12.5. The van der Waals surface area contributed by atoms with Crippen molar-refractivity contribution in [3.05, 3.63) is 65.2 Å². The summed E-state index contributed by atoms with van der Waals surface area (Å²) in [6.07, 6.45) is 0. The monoisotopic (exact) mass is 338 g/mol. The van der Waals surface area contributed by atoms with E-state index < -0.39 is 11.0 Å². The molecule has 1 N–H and O–H groups in total. The van der Waals surface area contributed by atoms with Crippen molar-refractivity contribution in [3.63, 3.8) is 0 Å². The van der Waals surface area contributed by atoms with Gasteiger partial charge in [0.15, 0.2) is 0 Å². The molecule has 1 atom stereocenters. The van der Waals surface area contributed by atoms with Gasteiger partial charge in [-0.15, -0.1) is 0 Å². The normalized spacial score (nSPS) is 19.1. The number of aryl methyl sites for hydroxylation is 1. The summed E-state index contributed by atoms with van der Waals surface area (Å²) in [4.78, 5) is 10.8. The molecule has 5 heteroatoms. The van der Waals surface area contributed by atoms with E-state index in [4.69, 9.17) is 16.3 Å². The number of nitriles is 1. The summed E-state index contributed by atoms with van der Waals surface area (Å²) in [7, 11) is 1.27. The number of rotatable bonds is 2. The van der Waals surface area contributed by atoms with Crippen LogP contribution in [0.2, 0.25) is 0 Å². The van der Waals surface area contributed by atoms with Crippen LogP contribution in [0.3, 0.4) is 0 Å². The number of hydrogen-bond donors (Lipinski definition) is 1. The van der Waals surface area contributed by atoms with Gasteiger partial charge in [0.25, 0.3) is 0 Å². The minimum atomic E-state index is -1.67. The first-order valence-electron chi connectivity index (χ1n) is 7.38. The van der Waals surface area contributed by atoms with Gasteiger partial charge >= 0.3 is 5.97 Å². The van der Waals surface area contributed by atoms with E-state index in [0.717, 1.165) is 11.1 Å². The van der Waals surface area contributed by atoms with Gasteiger partial charge in [0.2, 0.25) is 5.00 Å². The number of nitrogens with one attached hydrogen (secondary N) is 1. The molecular weight excluding hydrogens is 324 g/mol. The van der Waals surface area contributed by atoms with Crippen LogP contribution in [0.1, 0.15) is 16.7 Å². The van der Waals surface area contributed by atoms with E-state index in [-0.39, 0.29) is 0 Å². The van der Waals surface area contributed by atoms with E-state index in [0.29, 0.717) is 22.4 Å². The van der Waals surface area contributed by atoms with E-state index in [2.05, 4.69) is 11.4 Å². The van der Waals surface area contributed by atoms with Crippen molar-refractivity contribution >= 4 is 34.4 Å². The van der Waals surface area contributed by atoms with Crippen molar-refractivity contribution in [1.82, 2.24) is 0 Å². The van der Waals surface area contributed by atoms with Gasteiger partial charge in [-0.1, -0.05) is 60.1 Å². The van der Waals surface area contributed by atoms with Crippen molar-refractivity contribution in [2.75, 3.05) is 12.4 Å². The molecule has 0 fully saturated rings. The van der Waals surface area contributed by atoms with E-state index in [1.165, 1.54) is 7.11 Å². The largest absolute Gasteiger partial charge is 0.466 e. The SMILES string of the molecule is COC(=O)C1(Cl)Nc2c(C)cccc2C(C#N)=C1c1ccccc1. The third kappa shape index (κ3) is 2.34. The molecule has 2 aromatic rings. The number of carbonyl (C=O) groups is 1. The summed E-state index contributed by atoms with van der Waals surface area (Å²) >= 11 is 6.70. The van der Waals surface area contributed by atoms with Crippen LogP contribution in [0.5, 0.6) is 0 Å². The number of nitrogens with zero attached hydrogens (tertiary/aromatic N) is 1. The Morgan fingerprint density at radius 1 is 1.21 bits per heavy atom. The number of fused-ring (bicyclic) bond motifs is 1. The lowest BCUT2D eigenvalue weighted by Gasteiger charge is -2.35. The van der Waals surface area contributed by atoms with E-state index >= 15 is 0 Å². The molecule has 3 rings (SSSR count). The highest BCUT2D eigenvalue weighted by atomic mass is 35.5.